The molecule has 0 aromatic heterocycles. The minimum absolute atomic E-state index is 0.175. The van der Waals surface area contributed by atoms with Crippen LogP contribution in [0.1, 0.15) is 24.9 Å². The molecule has 0 spiro atoms. The third-order valence-electron chi connectivity index (χ3n) is 3.42. The molecular formula is C14H15ClN2O5. The summed E-state index contributed by atoms with van der Waals surface area (Å²) in [6.07, 6.45) is 0.175. The molecule has 2 rings (SSSR count). The Balaban J connectivity index is 1.75. The van der Waals surface area contributed by atoms with Crippen molar-refractivity contribution >= 4 is 23.5 Å². The summed E-state index contributed by atoms with van der Waals surface area (Å²) < 4.78 is 4.79. The van der Waals surface area contributed by atoms with Crippen LogP contribution in [-0.2, 0) is 14.3 Å². The molecule has 22 heavy (non-hydrogen) atoms. The molecular weight excluding hydrogens is 312 g/mol. The van der Waals surface area contributed by atoms with Crippen molar-refractivity contribution < 1.29 is 19.2 Å². The summed E-state index contributed by atoms with van der Waals surface area (Å²) in [5, 5.41) is 13.7. The summed E-state index contributed by atoms with van der Waals surface area (Å²) in [5.74, 6) is -1.89. The quantitative estimate of drug-likeness (QED) is 0.487. The molecule has 1 aromatic rings. The van der Waals surface area contributed by atoms with Crippen LogP contribution in [0.3, 0.4) is 0 Å². The Bertz CT molecular complexity index is 589. The summed E-state index contributed by atoms with van der Waals surface area (Å²) in [7, 11) is 0. The van der Waals surface area contributed by atoms with E-state index >= 15 is 0 Å². The number of esters is 1. The highest BCUT2D eigenvalue weighted by Gasteiger charge is 2.54. The van der Waals surface area contributed by atoms with Gasteiger partial charge in [0.05, 0.1) is 6.04 Å². The third-order valence-corrected chi connectivity index (χ3v) is 3.68. The van der Waals surface area contributed by atoms with Crippen molar-refractivity contribution in [3.05, 3.63) is 45.0 Å². The van der Waals surface area contributed by atoms with E-state index in [1.165, 1.54) is 0 Å². The molecule has 8 heteroatoms. The number of carbonyl (C=O) groups is 2. The van der Waals surface area contributed by atoms with E-state index in [2.05, 4.69) is 5.32 Å². The van der Waals surface area contributed by atoms with E-state index in [1.807, 2.05) is 0 Å². The molecule has 1 fully saturated rings. The number of nitrogens with one attached hydrogen (secondary N) is 1. The van der Waals surface area contributed by atoms with Crippen molar-refractivity contribution in [2.75, 3.05) is 6.61 Å². The van der Waals surface area contributed by atoms with Crippen LogP contribution in [0.5, 0.6) is 0 Å². The van der Waals surface area contributed by atoms with E-state index in [0.29, 0.717) is 5.02 Å². The zero-order valence-electron chi connectivity index (χ0n) is 11.8. The zero-order valence-corrected chi connectivity index (χ0v) is 12.6. The fourth-order valence-electron chi connectivity index (χ4n) is 2.03. The maximum absolute atomic E-state index is 11.7. The van der Waals surface area contributed by atoms with Gasteiger partial charge in [-0.15, -0.1) is 0 Å². The molecule has 1 amide bonds. The van der Waals surface area contributed by atoms with E-state index in [0.717, 1.165) is 5.56 Å². The lowest BCUT2D eigenvalue weighted by molar-refractivity contribution is -0.497. The molecule has 0 aliphatic heterocycles. The average Bonchev–Trinajstić information content (AvgIpc) is 3.26. The molecule has 1 saturated carbocycles. The largest absolute Gasteiger partial charge is 0.455 e. The van der Waals surface area contributed by atoms with Crippen molar-refractivity contribution in [1.29, 1.82) is 0 Å². The SMILES string of the molecule is CC(NC(=O)COC(=O)C1CC1[N+](=O)[O-])c1ccc(Cl)cc1. The number of carbonyl (C=O) groups excluding carboxylic acids is 2. The lowest BCUT2D eigenvalue weighted by atomic mass is 10.1. The normalized spacial score (nSPS) is 20.8. The number of hydrogen-bond acceptors (Lipinski definition) is 5. The van der Waals surface area contributed by atoms with Gasteiger partial charge in [0.25, 0.3) is 5.91 Å². The number of halogens is 1. The lowest BCUT2D eigenvalue weighted by Gasteiger charge is -2.14. The van der Waals surface area contributed by atoms with Crippen LogP contribution in [0, 0.1) is 16.0 Å². The van der Waals surface area contributed by atoms with Crippen LogP contribution in [0.4, 0.5) is 0 Å². The first-order valence-electron chi connectivity index (χ1n) is 6.73. The summed E-state index contributed by atoms with van der Waals surface area (Å²) in [6, 6.07) is 5.85. The van der Waals surface area contributed by atoms with E-state index in [9.17, 15) is 19.7 Å². The summed E-state index contributed by atoms with van der Waals surface area (Å²) in [5.41, 5.74) is 0.861. The molecule has 1 aliphatic rings. The minimum Gasteiger partial charge on any atom is -0.455 e. The molecule has 1 N–H and O–H groups in total. The van der Waals surface area contributed by atoms with Gasteiger partial charge in [0.15, 0.2) is 6.61 Å². The molecule has 118 valence electrons. The Morgan fingerprint density at radius 2 is 2.09 bits per heavy atom. The minimum atomic E-state index is -0.872. The van der Waals surface area contributed by atoms with Gasteiger partial charge < -0.3 is 10.1 Å². The average molecular weight is 327 g/mol. The first-order valence-corrected chi connectivity index (χ1v) is 7.11. The van der Waals surface area contributed by atoms with Crippen molar-refractivity contribution in [3.63, 3.8) is 0 Å². The first kappa shape index (κ1) is 16.2. The van der Waals surface area contributed by atoms with E-state index < -0.39 is 35.4 Å². The third kappa shape index (κ3) is 4.17. The number of rotatable bonds is 6. The molecule has 0 radical (unpaired) electrons. The van der Waals surface area contributed by atoms with Gasteiger partial charge in [-0.25, -0.2) is 0 Å². The highest BCUT2D eigenvalue weighted by atomic mass is 35.5. The van der Waals surface area contributed by atoms with E-state index in [4.69, 9.17) is 16.3 Å². The molecule has 1 aromatic carbocycles. The smallest absolute Gasteiger partial charge is 0.316 e. The molecule has 0 heterocycles. The van der Waals surface area contributed by atoms with Crippen LogP contribution in [0.15, 0.2) is 24.3 Å². The van der Waals surface area contributed by atoms with E-state index in [1.54, 1.807) is 31.2 Å². The van der Waals surface area contributed by atoms with Crippen molar-refractivity contribution in [1.82, 2.24) is 5.32 Å². The highest BCUT2D eigenvalue weighted by molar-refractivity contribution is 6.30. The Morgan fingerprint density at radius 1 is 1.45 bits per heavy atom. The molecule has 0 bridgehead atoms. The van der Waals surface area contributed by atoms with Crippen LogP contribution in [-0.4, -0.2) is 29.4 Å². The van der Waals surface area contributed by atoms with E-state index in [-0.39, 0.29) is 12.5 Å². The van der Waals surface area contributed by atoms with Gasteiger partial charge in [0, 0.05) is 16.4 Å². The topological polar surface area (TPSA) is 98.5 Å². The summed E-state index contributed by atoms with van der Waals surface area (Å²) in [4.78, 5) is 33.1. The Morgan fingerprint density at radius 3 is 2.64 bits per heavy atom. The Hall–Kier alpha value is -2.15. The van der Waals surface area contributed by atoms with Crippen molar-refractivity contribution in [2.24, 2.45) is 5.92 Å². The lowest BCUT2D eigenvalue weighted by Crippen LogP contribution is -2.31. The van der Waals surface area contributed by atoms with Crippen LogP contribution in [0.25, 0.3) is 0 Å². The molecule has 1 aliphatic carbocycles. The predicted molar refractivity (Wildman–Crippen MR) is 77.9 cm³/mol. The fraction of sp³-hybridized carbons (Fsp3) is 0.429. The second-order valence-corrected chi connectivity index (χ2v) is 5.58. The Labute approximate surface area is 131 Å². The van der Waals surface area contributed by atoms with Crippen molar-refractivity contribution in [3.8, 4) is 0 Å². The second kappa shape index (κ2) is 6.74. The number of ether oxygens (including phenoxy) is 1. The van der Waals surface area contributed by atoms with Crippen LogP contribution < -0.4 is 5.32 Å². The molecule has 3 unspecified atom stereocenters. The maximum Gasteiger partial charge on any atom is 0.316 e. The monoisotopic (exact) mass is 326 g/mol. The molecule has 3 atom stereocenters. The predicted octanol–water partition coefficient (Wildman–Crippen LogP) is 1.73. The van der Waals surface area contributed by atoms with Gasteiger partial charge in [0.2, 0.25) is 6.04 Å². The van der Waals surface area contributed by atoms with Gasteiger partial charge in [-0.1, -0.05) is 23.7 Å². The van der Waals surface area contributed by atoms with Gasteiger partial charge in [-0.3, -0.25) is 19.7 Å². The first-order chi connectivity index (χ1) is 10.4. The van der Waals surface area contributed by atoms with Gasteiger partial charge in [-0.05, 0) is 24.6 Å². The Kier molecular flexibility index (Phi) is 4.97. The molecule has 0 saturated heterocycles. The second-order valence-electron chi connectivity index (χ2n) is 5.14. The fourth-order valence-corrected chi connectivity index (χ4v) is 2.16. The number of benzene rings is 1. The van der Waals surface area contributed by atoms with Gasteiger partial charge >= 0.3 is 5.97 Å². The number of nitro groups is 1. The summed E-state index contributed by atoms with van der Waals surface area (Å²) in [6.45, 7) is 1.34. The standard InChI is InChI=1S/C14H15ClN2O5/c1-8(9-2-4-10(15)5-3-9)16-13(18)7-22-14(19)11-6-12(11)17(20)21/h2-5,8,11-12H,6-7H2,1H3,(H,16,18). The van der Waals surface area contributed by atoms with Gasteiger partial charge in [0.1, 0.15) is 5.92 Å². The van der Waals surface area contributed by atoms with Crippen LogP contribution in [0.2, 0.25) is 5.02 Å². The van der Waals surface area contributed by atoms with Crippen LogP contribution >= 0.6 is 11.6 Å². The number of hydrogen-bond donors (Lipinski definition) is 1. The molecule has 7 nitrogen and oxygen atoms in total. The van der Waals surface area contributed by atoms with Gasteiger partial charge in [-0.2, -0.15) is 0 Å². The number of amides is 1. The zero-order chi connectivity index (χ0) is 16.3. The summed E-state index contributed by atoms with van der Waals surface area (Å²) >= 11 is 5.78. The highest BCUT2D eigenvalue weighted by Crippen LogP contribution is 2.34. The number of nitrogens with zero attached hydrogens (tertiary/aromatic N) is 1. The van der Waals surface area contributed by atoms with Crippen molar-refractivity contribution in [2.45, 2.75) is 25.4 Å². The maximum atomic E-state index is 11.7.